The first-order chi connectivity index (χ1) is 13.3. The van der Waals surface area contributed by atoms with Crippen LogP contribution in [-0.2, 0) is 6.54 Å². The minimum atomic E-state index is 0.580. The second-order valence-electron chi connectivity index (χ2n) is 6.70. The van der Waals surface area contributed by atoms with E-state index >= 15 is 0 Å². The molecule has 27 heavy (non-hydrogen) atoms. The van der Waals surface area contributed by atoms with Crippen molar-refractivity contribution in [2.24, 2.45) is 10.9 Å². The highest BCUT2D eigenvalue weighted by molar-refractivity contribution is 5.79. The normalized spacial score (nSPS) is 17.0. The van der Waals surface area contributed by atoms with Crippen LogP contribution < -0.4 is 20.3 Å². The Kier molecular flexibility index (Phi) is 6.90. The van der Waals surface area contributed by atoms with Gasteiger partial charge in [-0.25, -0.2) is 4.99 Å². The number of rotatable bonds is 7. The molecule has 1 aliphatic rings. The summed E-state index contributed by atoms with van der Waals surface area (Å²) in [6, 6.07) is 14.2. The van der Waals surface area contributed by atoms with Crippen molar-refractivity contribution in [3.63, 3.8) is 0 Å². The van der Waals surface area contributed by atoms with Crippen molar-refractivity contribution < 1.29 is 4.74 Å². The Hall–Kier alpha value is -2.76. The van der Waals surface area contributed by atoms with Gasteiger partial charge in [-0.3, -0.25) is 4.98 Å². The number of hydrogen-bond acceptors (Lipinski definition) is 4. The Bertz CT molecular complexity index is 734. The quantitative estimate of drug-likeness (QED) is 0.582. The summed E-state index contributed by atoms with van der Waals surface area (Å²) in [6.07, 6.45) is 2.97. The zero-order valence-corrected chi connectivity index (χ0v) is 16.2. The fraction of sp³-hybridized carbons (Fsp3) is 0.429. The van der Waals surface area contributed by atoms with Crippen LogP contribution in [0.15, 0.2) is 53.7 Å². The van der Waals surface area contributed by atoms with Crippen molar-refractivity contribution >= 4 is 11.6 Å². The Balaban J connectivity index is 1.52. The van der Waals surface area contributed by atoms with E-state index in [1.165, 1.54) is 12.1 Å². The zero-order chi connectivity index (χ0) is 18.9. The fourth-order valence-electron chi connectivity index (χ4n) is 3.28. The van der Waals surface area contributed by atoms with E-state index in [2.05, 4.69) is 44.6 Å². The summed E-state index contributed by atoms with van der Waals surface area (Å²) in [5, 5.41) is 6.80. The van der Waals surface area contributed by atoms with Gasteiger partial charge in [0.1, 0.15) is 5.75 Å². The Morgan fingerprint density at radius 1 is 1.26 bits per heavy atom. The maximum absolute atomic E-state index is 5.34. The van der Waals surface area contributed by atoms with Crippen molar-refractivity contribution in [3.05, 3.63) is 54.4 Å². The first kappa shape index (κ1) is 19.0. The number of guanidine groups is 1. The molecule has 0 amide bonds. The van der Waals surface area contributed by atoms with E-state index in [1.807, 2.05) is 30.3 Å². The van der Waals surface area contributed by atoms with Gasteiger partial charge in [-0.15, -0.1) is 0 Å². The molecule has 1 atom stereocenters. The van der Waals surface area contributed by atoms with Crippen molar-refractivity contribution in [3.8, 4) is 5.75 Å². The molecule has 2 N–H and O–H groups in total. The summed E-state index contributed by atoms with van der Waals surface area (Å²) in [4.78, 5) is 11.4. The summed E-state index contributed by atoms with van der Waals surface area (Å²) >= 11 is 0. The number of benzene rings is 1. The molecular weight excluding hydrogens is 338 g/mol. The first-order valence-electron chi connectivity index (χ1n) is 9.59. The summed E-state index contributed by atoms with van der Waals surface area (Å²) in [5.41, 5.74) is 2.20. The van der Waals surface area contributed by atoms with Crippen molar-refractivity contribution in [2.75, 3.05) is 38.2 Å². The number of nitrogens with zero attached hydrogens (tertiary/aromatic N) is 3. The highest BCUT2D eigenvalue weighted by Crippen LogP contribution is 2.26. The Morgan fingerprint density at radius 2 is 2.19 bits per heavy atom. The number of aromatic nitrogens is 1. The van der Waals surface area contributed by atoms with Gasteiger partial charge in [-0.05, 0) is 43.5 Å². The third-order valence-electron chi connectivity index (χ3n) is 4.73. The van der Waals surface area contributed by atoms with Crippen molar-refractivity contribution in [1.82, 2.24) is 15.6 Å². The van der Waals surface area contributed by atoms with Crippen LogP contribution in [0.2, 0.25) is 0 Å². The topological polar surface area (TPSA) is 61.8 Å². The molecule has 1 aromatic heterocycles. The molecule has 3 rings (SSSR count). The molecule has 0 spiro atoms. The van der Waals surface area contributed by atoms with E-state index < -0.39 is 0 Å². The van der Waals surface area contributed by atoms with E-state index in [0.717, 1.165) is 43.6 Å². The smallest absolute Gasteiger partial charge is 0.191 e. The molecule has 144 valence electrons. The van der Waals surface area contributed by atoms with E-state index in [1.54, 1.807) is 13.3 Å². The lowest BCUT2D eigenvalue weighted by Crippen LogP contribution is -2.40. The van der Waals surface area contributed by atoms with Gasteiger partial charge < -0.3 is 20.3 Å². The predicted octanol–water partition coefficient (Wildman–Crippen LogP) is 2.67. The van der Waals surface area contributed by atoms with Gasteiger partial charge >= 0.3 is 0 Å². The molecule has 0 saturated carbocycles. The van der Waals surface area contributed by atoms with Crippen molar-refractivity contribution in [2.45, 2.75) is 19.9 Å². The Morgan fingerprint density at radius 3 is 2.96 bits per heavy atom. The Labute approximate surface area is 161 Å². The van der Waals surface area contributed by atoms with Crippen LogP contribution >= 0.6 is 0 Å². The minimum Gasteiger partial charge on any atom is -0.497 e. The molecule has 6 heteroatoms. The van der Waals surface area contributed by atoms with Crippen LogP contribution in [0.3, 0.4) is 0 Å². The van der Waals surface area contributed by atoms with Crippen molar-refractivity contribution in [1.29, 1.82) is 0 Å². The fourth-order valence-corrected chi connectivity index (χ4v) is 3.28. The molecule has 2 heterocycles. The average Bonchev–Trinajstić information content (AvgIpc) is 3.20. The number of ether oxygens (including phenoxy) is 1. The largest absolute Gasteiger partial charge is 0.497 e. The number of anilines is 1. The molecule has 1 fully saturated rings. The molecule has 1 aromatic carbocycles. The summed E-state index contributed by atoms with van der Waals surface area (Å²) < 4.78 is 5.34. The van der Waals surface area contributed by atoms with Gasteiger partial charge in [0.25, 0.3) is 0 Å². The van der Waals surface area contributed by atoms with Gasteiger partial charge in [0, 0.05) is 44.1 Å². The van der Waals surface area contributed by atoms with Crippen LogP contribution in [0.1, 0.15) is 19.0 Å². The summed E-state index contributed by atoms with van der Waals surface area (Å²) in [6.45, 7) is 6.53. The number of pyridine rings is 1. The van der Waals surface area contributed by atoms with Crippen LogP contribution in [0, 0.1) is 5.92 Å². The molecule has 6 nitrogen and oxygen atoms in total. The lowest BCUT2D eigenvalue weighted by Gasteiger charge is -2.20. The van der Waals surface area contributed by atoms with E-state index in [4.69, 9.17) is 4.74 Å². The monoisotopic (exact) mass is 367 g/mol. The van der Waals surface area contributed by atoms with Crippen LogP contribution in [0.4, 0.5) is 5.69 Å². The first-order valence-corrected chi connectivity index (χ1v) is 9.59. The van der Waals surface area contributed by atoms with Gasteiger partial charge in [-0.2, -0.15) is 0 Å². The van der Waals surface area contributed by atoms with Gasteiger partial charge in [0.15, 0.2) is 5.96 Å². The second kappa shape index (κ2) is 9.80. The third-order valence-corrected chi connectivity index (χ3v) is 4.73. The molecule has 2 aromatic rings. The lowest BCUT2D eigenvalue weighted by atomic mass is 10.1. The number of methoxy groups -OCH3 is 1. The van der Waals surface area contributed by atoms with Crippen LogP contribution in [0.25, 0.3) is 0 Å². The van der Waals surface area contributed by atoms with Crippen LogP contribution in [-0.4, -0.2) is 44.2 Å². The molecule has 1 saturated heterocycles. The average molecular weight is 367 g/mol. The third kappa shape index (κ3) is 5.61. The molecule has 0 aliphatic carbocycles. The standard InChI is InChI=1S/C21H29N5O/c1-3-22-21(25-15-18-7-4-5-11-23-18)24-14-17-10-12-26(16-17)19-8-6-9-20(13-19)27-2/h4-9,11,13,17H,3,10,12,14-16H2,1-2H3,(H2,22,24,25). The van der Waals surface area contributed by atoms with Gasteiger partial charge in [0.2, 0.25) is 0 Å². The SMILES string of the molecule is CCNC(=NCc1ccccn1)NCC1CCN(c2cccc(OC)c2)C1. The maximum Gasteiger partial charge on any atom is 0.191 e. The molecular formula is C21H29N5O. The number of aliphatic imine (C=N–C) groups is 1. The summed E-state index contributed by atoms with van der Waals surface area (Å²) in [5.74, 6) is 2.35. The number of nitrogens with one attached hydrogen (secondary N) is 2. The number of hydrogen-bond donors (Lipinski definition) is 2. The van der Waals surface area contributed by atoms with Gasteiger partial charge in [0.05, 0.1) is 19.3 Å². The zero-order valence-electron chi connectivity index (χ0n) is 16.2. The predicted molar refractivity (Wildman–Crippen MR) is 110 cm³/mol. The molecule has 0 bridgehead atoms. The molecule has 1 aliphatic heterocycles. The van der Waals surface area contributed by atoms with Crippen LogP contribution in [0.5, 0.6) is 5.75 Å². The maximum atomic E-state index is 5.34. The highest BCUT2D eigenvalue weighted by Gasteiger charge is 2.23. The van der Waals surface area contributed by atoms with Gasteiger partial charge in [-0.1, -0.05) is 12.1 Å². The van der Waals surface area contributed by atoms with E-state index in [0.29, 0.717) is 12.5 Å². The lowest BCUT2D eigenvalue weighted by molar-refractivity contribution is 0.415. The van der Waals surface area contributed by atoms with E-state index in [9.17, 15) is 0 Å². The van der Waals surface area contributed by atoms with E-state index in [-0.39, 0.29) is 0 Å². The molecule has 0 radical (unpaired) electrons. The molecule has 1 unspecified atom stereocenters. The minimum absolute atomic E-state index is 0.580. The summed E-state index contributed by atoms with van der Waals surface area (Å²) in [7, 11) is 1.71. The highest BCUT2D eigenvalue weighted by atomic mass is 16.5. The second-order valence-corrected chi connectivity index (χ2v) is 6.70.